The summed E-state index contributed by atoms with van der Waals surface area (Å²) in [5, 5.41) is 4.27. The first-order valence-electron chi connectivity index (χ1n) is 9.52. The highest BCUT2D eigenvalue weighted by Gasteiger charge is 2.19. The Morgan fingerprint density at radius 1 is 0.773 bits per heavy atom. The minimum atomic E-state index is 0.106. The van der Waals surface area contributed by atoms with Gasteiger partial charge in [-0.1, -0.05) is 84.0 Å². The van der Waals surface area contributed by atoms with Crippen LogP contribution in [-0.2, 0) is 5.54 Å². The molecule has 0 saturated heterocycles. The van der Waals surface area contributed by atoms with Gasteiger partial charge in [0.25, 0.3) is 0 Å². The van der Waals surface area contributed by atoms with E-state index in [0.717, 1.165) is 0 Å². The van der Waals surface area contributed by atoms with Crippen LogP contribution in [0.15, 0.2) is 12.7 Å². The maximum atomic E-state index is 4.27. The van der Waals surface area contributed by atoms with Gasteiger partial charge in [-0.05, 0) is 20.3 Å². The molecule has 0 unspecified atom stereocenters. The van der Waals surface area contributed by atoms with Crippen molar-refractivity contribution < 1.29 is 0 Å². The fraction of sp³-hybridized carbons (Fsp3) is 0.895. The normalized spacial score (nSPS) is 12.0. The number of hydrogen-bond acceptors (Lipinski definition) is 2. The molecule has 0 radical (unpaired) electrons. The molecule has 0 aliphatic heterocycles. The fourth-order valence-electron chi connectivity index (χ4n) is 3.03. The minimum absolute atomic E-state index is 0.106. The molecule has 1 aromatic rings. The summed E-state index contributed by atoms with van der Waals surface area (Å²) in [6.45, 7) is 6.79. The summed E-state index contributed by atoms with van der Waals surface area (Å²) >= 11 is 0. The average molecular weight is 308 g/mol. The van der Waals surface area contributed by atoms with Gasteiger partial charge >= 0.3 is 0 Å². The third kappa shape index (κ3) is 8.55. The number of unbranched alkanes of at least 4 members (excludes halogenated alkanes) is 11. The van der Waals surface area contributed by atoms with Gasteiger partial charge in [0.2, 0.25) is 0 Å². The average Bonchev–Trinajstić information content (AvgIpc) is 3.03. The summed E-state index contributed by atoms with van der Waals surface area (Å²) in [5.74, 6) is 0. The SMILES string of the molecule is CCCCCCCCCCCCCCC(C)(C)n1cncn1. The van der Waals surface area contributed by atoms with Crippen LogP contribution < -0.4 is 0 Å². The quantitative estimate of drug-likeness (QED) is 0.388. The second kappa shape index (κ2) is 11.7. The van der Waals surface area contributed by atoms with Crippen LogP contribution in [0, 0.1) is 0 Å². The number of rotatable bonds is 14. The van der Waals surface area contributed by atoms with Gasteiger partial charge in [0.1, 0.15) is 12.7 Å². The van der Waals surface area contributed by atoms with Gasteiger partial charge in [0.15, 0.2) is 0 Å². The van der Waals surface area contributed by atoms with Crippen LogP contribution in [0.2, 0.25) is 0 Å². The zero-order valence-electron chi connectivity index (χ0n) is 15.2. The maximum Gasteiger partial charge on any atom is 0.137 e. The van der Waals surface area contributed by atoms with Crippen molar-refractivity contribution in [2.75, 3.05) is 0 Å². The van der Waals surface area contributed by atoms with E-state index in [9.17, 15) is 0 Å². The molecule has 0 aliphatic carbocycles. The molecular weight excluding hydrogens is 270 g/mol. The van der Waals surface area contributed by atoms with Crippen molar-refractivity contribution in [1.29, 1.82) is 0 Å². The van der Waals surface area contributed by atoms with Crippen molar-refractivity contribution >= 4 is 0 Å². The molecule has 0 spiro atoms. The lowest BCUT2D eigenvalue weighted by Crippen LogP contribution is -2.26. The first-order chi connectivity index (χ1) is 10.7. The van der Waals surface area contributed by atoms with Crippen LogP contribution in [0.4, 0.5) is 0 Å². The molecule has 128 valence electrons. The van der Waals surface area contributed by atoms with Gasteiger partial charge in [-0.3, -0.25) is 0 Å². The molecule has 1 rings (SSSR count). The largest absolute Gasteiger partial charge is 0.247 e. The molecule has 3 nitrogen and oxygen atoms in total. The van der Waals surface area contributed by atoms with E-state index < -0.39 is 0 Å². The fourth-order valence-corrected chi connectivity index (χ4v) is 3.03. The van der Waals surface area contributed by atoms with E-state index >= 15 is 0 Å². The molecule has 0 N–H and O–H groups in total. The highest BCUT2D eigenvalue weighted by Crippen LogP contribution is 2.22. The summed E-state index contributed by atoms with van der Waals surface area (Å²) < 4.78 is 1.99. The highest BCUT2D eigenvalue weighted by atomic mass is 15.3. The Balaban J connectivity index is 1.88. The van der Waals surface area contributed by atoms with E-state index in [-0.39, 0.29) is 5.54 Å². The lowest BCUT2D eigenvalue weighted by Gasteiger charge is -2.24. The lowest BCUT2D eigenvalue weighted by atomic mass is 9.96. The predicted octanol–water partition coefficient (Wildman–Crippen LogP) is 6.10. The summed E-state index contributed by atoms with van der Waals surface area (Å²) in [4.78, 5) is 4.05. The van der Waals surface area contributed by atoms with Crippen LogP contribution in [0.1, 0.15) is 104 Å². The Morgan fingerprint density at radius 3 is 1.73 bits per heavy atom. The van der Waals surface area contributed by atoms with E-state index in [1.807, 2.05) is 11.0 Å². The molecule has 0 aromatic carbocycles. The van der Waals surface area contributed by atoms with Crippen molar-refractivity contribution in [1.82, 2.24) is 14.8 Å². The summed E-state index contributed by atoms with van der Waals surface area (Å²) in [6, 6.07) is 0. The molecule has 0 saturated carbocycles. The minimum Gasteiger partial charge on any atom is -0.247 e. The van der Waals surface area contributed by atoms with Crippen LogP contribution in [-0.4, -0.2) is 14.8 Å². The summed E-state index contributed by atoms with van der Waals surface area (Å²) in [6.07, 6.45) is 21.5. The van der Waals surface area contributed by atoms with Crippen molar-refractivity contribution in [2.45, 2.75) is 110 Å². The standard InChI is InChI=1S/C19H37N3/c1-4-5-6-7-8-9-10-11-12-13-14-15-16-19(2,3)22-18-20-17-21-22/h17-18H,4-16H2,1-3H3. The lowest BCUT2D eigenvalue weighted by molar-refractivity contribution is 0.283. The van der Waals surface area contributed by atoms with Gasteiger partial charge in [0.05, 0.1) is 5.54 Å². The van der Waals surface area contributed by atoms with Gasteiger partial charge in [-0.15, -0.1) is 0 Å². The Labute approximate surface area is 137 Å². The Bertz CT molecular complexity index is 344. The third-order valence-corrected chi connectivity index (χ3v) is 4.68. The Kier molecular flexibility index (Phi) is 10.2. The van der Waals surface area contributed by atoms with Gasteiger partial charge in [-0.2, -0.15) is 5.10 Å². The number of nitrogens with zero attached hydrogens (tertiary/aromatic N) is 3. The second-order valence-electron chi connectivity index (χ2n) is 7.29. The van der Waals surface area contributed by atoms with Crippen LogP contribution in [0.25, 0.3) is 0 Å². The third-order valence-electron chi connectivity index (χ3n) is 4.68. The molecule has 1 heterocycles. The molecular formula is C19H37N3. The van der Waals surface area contributed by atoms with Gasteiger partial charge in [0, 0.05) is 0 Å². The van der Waals surface area contributed by atoms with Crippen LogP contribution >= 0.6 is 0 Å². The van der Waals surface area contributed by atoms with Crippen molar-refractivity contribution in [3.63, 3.8) is 0 Å². The van der Waals surface area contributed by atoms with E-state index in [1.54, 1.807) is 6.33 Å². The molecule has 22 heavy (non-hydrogen) atoms. The molecule has 0 amide bonds. The van der Waals surface area contributed by atoms with Crippen molar-refractivity contribution in [2.24, 2.45) is 0 Å². The molecule has 0 fully saturated rings. The molecule has 3 heteroatoms. The molecule has 0 atom stereocenters. The zero-order valence-corrected chi connectivity index (χ0v) is 15.2. The van der Waals surface area contributed by atoms with E-state index in [2.05, 4.69) is 30.9 Å². The van der Waals surface area contributed by atoms with Gasteiger partial charge in [-0.25, -0.2) is 9.67 Å². The van der Waals surface area contributed by atoms with E-state index in [1.165, 1.54) is 83.5 Å². The Hall–Kier alpha value is -0.860. The first kappa shape index (κ1) is 19.2. The van der Waals surface area contributed by atoms with E-state index in [0.29, 0.717) is 0 Å². The number of hydrogen-bond donors (Lipinski definition) is 0. The second-order valence-corrected chi connectivity index (χ2v) is 7.29. The monoisotopic (exact) mass is 307 g/mol. The maximum absolute atomic E-state index is 4.27. The van der Waals surface area contributed by atoms with E-state index in [4.69, 9.17) is 0 Å². The van der Waals surface area contributed by atoms with Gasteiger partial charge < -0.3 is 0 Å². The molecule has 0 bridgehead atoms. The smallest absolute Gasteiger partial charge is 0.137 e. The van der Waals surface area contributed by atoms with Crippen LogP contribution in [0.3, 0.4) is 0 Å². The number of aromatic nitrogens is 3. The van der Waals surface area contributed by atoms with Crippen LogP contribution in [0.5, 0.6) is 0 Å². The Morgan fingerprint density at radius 2 is 1.27 bits per heavy atom. The zero-order chi connectivity index (χ0) is 16.1. The first-order valence-corrected chi connectivity index (χ1v) is 9.52. The topological polar surface area (TPSA) is 30.7 Å². The predicted molar refractivity (Wildman–Crippen MR) is 95.0 cm³/mol. The molecule has 1 aromatic heterocycles. The summed E-state index contributed by atoms with van der Waals surface area (Å²) in [7, 11) is 0. The highest BCUT2D eigenvalue weighted by molar-refractivity contribution is 4.76. The molecule has 0 aliphatic rings. The van der Waals surface area contributed by atoms with Crippen molar-refractivity contribution in [3.05, 3.63) is 12.7 Å². The summed E-state index contributed by atoms with van der Waals surface area (Å²) in [5.41, 5.74) is 0.106. The van der Waals surface area contributed by atoms with Crippen molar-refractivity contribution in [3.8, 4) is 0 Å².